The van der Waals surface area contributed by atoms with Crippen molar-refractivity contribution in [3.05, 3.63) is 24.3 Å². The van der Waals surface area contributed by atoms with Crippen molar-refractivity contribution in [3.8, 4) is 0 Å². The van der Waals surface area contributed by atoms with E-state index in [1.54, 1.807) is 11.8 Å². The molecule has 1 aromatic carbocycles. The third kappa shape index (κ3) is 6.36. The third-order valence-corrected chi connectivity index (χ3v) is 4.65. The van der Waals surface area contributed by atoms with Crippen LogP contribution in [0.1, 0.15) is 27.2 Å². The third-order valence-electron chi connectivity index (χ3n) is 2.39. The van der Waals surface area contributed by atoms with Crippen molar-refractivity contribution in [1.29, 1.82) is 0 Å². The van der Waals surface area contributed by atoms with Crippen molar-refractivity contribution in [3.63, 3.8) is 0 Å². The molecule has 1 unspecified atom stereocenters. The second-order valence-electron chi connectivity index (χ2n) is 4.00. The predicted molar refractivity (Wildman–Crippen MR) is 79.4 cm³/mol. The minimum Gasteiger partial charge on any atom is -0.465 e. The van der Waals surface area contributed by atoms with Gasteiger partial charge in [0.05, 0.1) is 0 Å². The molecule has 0 amide bonds. The van der Waals surface area contributed by atoms with Gasteiger partial charge in [0.25, 0.3) is 0 Å². The minimum absolute atomic E-state index is 0.212. The van der Waals surface area contributed by atoms with Crippen molar-refractivity contribution >= 4 is 29.5 Å². The summed E-state index contributed by atoms with van der Waals surface area (Å²) in [4.78, 5) is 13.1. The first-order chi connectivity index (χ1) is 8.61. The quantitative estimate of drug-likeness (QED) is 0.425. The maximum Gasteiger partial charge on any atom is 0.302 e. The van der Waals surface area contributed by atoms with Crippen molar-refractivity contribution in [2.24, 2.45) is 0 Å². The highest BCUT2D eigenvalue weighted by molar-refractivity contribution is 8.00. The normalized spacial score (nSPS) is 12.2. The lowest BCUT2D eigenvalue weighted by atomic mass is 10.4. The van der Waals surface area contributed by atoms with Gasteiger partial charge in [0, 0.05) is 27.7 Å². The molecule has 0 aliphatic carbocycles. The standard InChI is InChI=1S/C14H20O2S2/c1-4-11(2)18-14-7-5-13(6-8-14)17-10-9-16-12(3)15/h5-8,11H,4,9-10H2,1-3H3. The Morgan fingerprint density at radius 3 is 2.44 bits per heavy atom. The number of esters is 1. The van der Waals surface area contributed by atoms with Crippen LogP contribution in [-0.2, 0) is 9.53 Å². The largest absolute Gasteiger partial charge is 0.465 e. The highest BCUT2D eigenvalue weighted by atomic mass is 32.2. The fourth-order valence-corrected chi connectivity index (χ4v) is 2.93. The molecule has 18 heavy (non-hydrogen) atoms. The topological polar surface area (TPSA) is 26.3 Å². The number of hydrogen-bond acceptors (Lipinski definition) is 4. The first-order valence-corrected chi connectivity index (χ1v) is 8.01. The van der Waals surface area contributed by atoms with Crippen LogP contribution in [0.15, 0.2) is 34.1 Å². The second-order valence-corrected chi connectivity index (χ2v) is 6.68. The first kappa shape index (κ1) is 15.4. The average molecular weight is 284 g/mol. The van der Waals surface area contributed by atoms with Gasteiger partial charge in [-0.1, -0.05) is 13.8 Å². The molecule has 0 aliphatic heterocycles. The van der Waals surface area contributed by atoms with Crippen molar-refractivity contribution in [2.75, 3.05) is 12.4 Å². The van der Waals surface area contributed by atoms with Crippen LogP contribution in [0, 0.1) is 0 Å². The van der Waals surface area contributed by atoms with E-state index in [0.29, 0.717) is 11.9 Å². The maximum absolute atomic E-state index is 10.6. The van der Waals surface area contributed by atoms with E-state index in [4.69, 9.17) is 4.74 Å². The summed E-state index contributed by atoms with van der Waals surface area (Å²) < 4.78 is 4.89. The number of thioether (sulfide) groups is 2. The van der Waals surface area contributed by atoms with Crippen LogP contribution < -0.4 is 0 Å². The zero-order valence-corrected chi connectivity index (χ0v) is 12.8. The van der Waals surface area contributed by atoms with Crippen LogP contribution in [0.5, 0.6) is 0 Å². The van der Waals surface area contributed by atoms with Crippen LogP contribution in [0.4, 0.5) is 0 Å². The summed E-state index contributed by atoms with van der Waals surface area (Å²) in [5.74, 6) is 0.591. The fraction of sp³-hybridized carbons (Fsp3) is 0.500. The van der Waals surface area contributed by atoms with Crippen LogP contribution >= 0.6 is 23.5 Å². The molecule has 1 atom stereocenters. The summed E-state index contributed by atoms with van der Waals surface area (Å²) in [6, 6.07) is 8.57. The molecule has 4 heteroatoms. The van der Waals surface area contributed by atoms with E-state index >= 15 is 0 Å². The maximum atomic E-state index is 10.6. The van der Waals surface area contributed by atoms with Gasteiger partial charge in [0.1, 0.15) is 6.61 Å². The summed E-state index contributed by atoms with van der Waals surface area (Å²) >= 11 is 3.62. The lowest BCUT2D eigenvalue weighted by molar-refractivity contribution is -0.140. The van der Waals surface area contributed by atoms with Crippen LogP contribution in [-0.4, -0.2) is 23.6 Å². The first-order valence-electron chi connectivity index (χ1n) is 6.14. The van der Waals surface area contributed by atoms with E-state index < -0.39 is 0 Å². The monoisotopic (exact) mass is 284 g/mol. The molecule has 0 saturated carbocycles. The van der Waals surface area contributed by atoms with Gasteiger partial charge in [-0.25, -0.2) is 0 Å². The van der Waals surface area contributed by atoms with Gasteiger partial charge in [-0.3, -0.25) is 4.79 Å². The second kappa shape index (κ2) is 8.48. The molecule has 100 valence electrons. The molecular formula is C14H20O2S2. The molecule has 0 fully saturated rings. The molecule has 0 bridgehead atoms. The van der Waals surface area contributed by atoms with Crippen molar-refractivity contribution in [1.82, 2.24) is 0 Å². The molecule has 0 saturated heterocycles. The zero-order chi connectivity index (χ0) is 13.4. The fourth-order valence-electron chi connectivity index (χ4n) is 1.27. The molecule has 1 aromatic rings. The number of carbonyl (C=O) groups excluding carboxylic acids is 1. The van der Waals surface area contributed by atoms with E-state index in [1.165, 1.54) is 23.1 Å². The Hall–Kier alpha value is -0.610. The Kier molecular flexibility index (Phi) is 7.28. The SMILES string of the molecule is CCC(C)Sc1ccc(SCCOC(C)=O)cc1. The molecule has 0 N–H and O–H groups in total. The van der Waals surface area contributed by atoms with Crippen LogP contribution in [0.25, 0.3) is 0 Å². The smallest absolute Gasteiger partial charge is 0.302 e. The lowest BCUT2D eigenvalue weighted by Crippen LogP contribution is -2.02. The Bertz CT molecular complexity index is 363. The van der Waals surface area contributed by atoms with E-state index in [2.05, 4.69) is 38.1 Å². The van der Waals surface area contributed by atoms with E-state index in [1.807, 2.05) is 11.8 Å². The van der Waals surface area contributed by atoms with Gasteiger partial charge in [0.2, 0.25) is 0 Å². The Morgan fingerprint density at radius 1 is 1.28 bits per heavy atom. The number of benzene rings is 1. The summed E-state index contributed by atoms with van der Waals surface area (Å²) in [6.07, 6.45) is 1.18. The van der Waals surface area contributed by atoms with Gasteiger partial charge < -0.3 is 4.74 Å². The molecule has 0 spiro atoms. The summed E-state index contributed by atoms with van der Waals surface area (Å²) in [6.45, 7) is 6.36. The summed E-state index contributed by atoms with van der Waals surface area (Å²) in [5.41, 5.74) is 0. The Labute approximate surface area is 118 Å². The molecule has 0 radical (unpaired) electrons. The molecule has 0 heterocycles. The Morgan fingerprint density at radius 2 is 1.89 bits per heavy atom. The van der Waals surface area contributed by atoms with Crippen LogP contribution in [0.2, 0.25) is 0 Å². The molecule has 0 aromatic heterocycles. The minimum atomic E-state index is -0.212. The summed E-state index contributed by atoms with van der Waals surface area (Å²) in [5, 5.41) is 0.660. The van der Waals surface area contributed by atoms with Crippen molar-refractivity contribution in [2.45, 2.75) is 42.2 Å². The average Bonchev–Trinajstić information content (AvgIpc) is 2.36. The van der Waals surface area contributed by atoms with E-state index in [9.17, 15) is 4.79 Å². The highest BCUT2D eigenvalue weighted by Crippen LogP contribution is 2.27. The van der Waals surface area contributed by atoms with Gasteiger partial charge >= 0.3 is 5.97 Å². The number of hydrogen-bond donors (Lipinski definition) is 0. The predicted octanol–water partition coefficient (Wildman–Crippen LogP) is 4.23. The Balaban J connectivity index is 2.33. The highest BCUT2D eigenvalue weighted by Gasteiger charge is 2.02. The van der Waals surface area contributed by atoms with E-state index in [-0.39, 0.29) is 5.97 Å². The van der Waals surface area contributed by atoms with Crippen molar-refractivity contribution < 1.29 is 9.53 Å². The zero-order valence-electron chi connectivity index (χ0n) is 11.1. The van der Waals surface area contributed by atoms with Gasteiger partial charge in [0.15, 0.2) is 0 Å². The van der Waals surface area contributed by atoms with Gasteiger partial charge in [-0.05, 0) is 30.7 Å². The molecule has 2 nitrogen and oxygen atoms in total. The van der Waals surface area contributed by atoms with Crippen LogP contribution in [0.3, 0.4) is 0 Å². The molecule has 1 rings (SSSR count). The number of ether oxygens (including phenoxy) is 1. The number of rotatable bonds is 7. The molecule has 0 aliphatic rings. The van der Waals surface area contributed by atoms with Gasteiger partial charge in [-0.2, -0.15) is 0 Å². The molecular weight excluding hydrogens is 264 g/mol. The summed E-state index contributed by atoms with van der Waals surface area (Å²) in [7, 11) is 0. The number of carbonyl (C=O) groups is 1. The van der Waals surface area contributed by atoms with Gasteiger partial charge in [-0.15, -0.1) is 23.5 Å². The lowest BCUT2D eigenvalue weighted by Gasteiger charge is -2.08. The van der Waals surface area contributed by atoms with E-state index in [0.717, 1.165) is 5.75 Å².